The fourth-order valence-corrected chi connectivity index (χ4v) is 4.78. The highest BCUT2D eigenvalue weighted by molar-refractivity contribution is 5.66. The third kappa shape index (κ3) is 10.4. The molecular formula is C24H44F2O6. The molecule has 0 spiro atoms. The van der Waals surface area contributed by atoms with Crippen LogP contribution in [0.2, 0.25) is 0 Å². The van der Waals surface area contributed by atoms with E-state index in [4.69, 9.17) is 14.6 Å². The Labute approximate surface area is 191 Å². The standard InChI is InChI=1S/C24H44F2O6/c1-4-6-15-24(25,26)22(28)14-13-19-18(11-9-7-8-10-12-23(29)30)20(27)16-21(19)32-17(3)31-5-2/h17-22,27-28H,4-16H2,1-3H3,(H,29,30)/t17?,18-,19-,20+,21-,22-/m1/s1. The van der Waals surface area contributed by atoms with Crippen molar-refractivity contribution >= 4 is 5.97 Å². The number of aliphatic hydroxyl groups is 2. The zero-order valence-corrected chi connectivity index (χ0v) is 20.0. The monoisotopic (exact) mass is 466 g/mol. The average molecular weight is 467 g/mol. The zero-order valence-electron chi connectivity index (χ0n) is 20.0. The van der Waals surface area contributed by atoms with Crippen LogP contribution < -0.4 is 0 Å². The van der Waals surface area contributed by atoms with E-state index in [9.17, 15) is 23.8 Å². The van der Waals surface area contributed by atoms with E-state index in [2.05, 4.69) is 0 Å². The molecule has 190 valence electrons. The largest absolute Gasteiger partial charge is 0.481 e. The number of carboxylic acids is 1. The van der Waals surface area contributed by atoms with Gasteiger partial charge in [0.15, 0.2) is 6.29 Å². The molecule has 6 nitrogen and oxygen atoms in total. The van der Waals surface area contributed by atoms with Gasteiger partial charge in [0.25, 0.3) is 5.92 Å². The van der Waals surface area contributed by atoms with Crippen molar-refractivity contribution in [2.24, 2.45) is 11.8 Å². The molecule has 0 heterocycles. The van der Waals surface area contributed by atoms with E-state index in [1.165, 1.54) is 0 Å². The number of aliphatic carboxylic acids is 1. The van der Waals surface area contributed by atoms with Crippen LogP contribution in [0.3, 0.4) is 0 Å². The van der Waals surface area contributed by atoms with Gasteiger partial charge in [-0.3, -0.25) is 4.79 Å². The van der Waals surface area contributed by atoms with E-state index >= 15 is 0 Å². The van der Waals surface area contributed by atoms with E-state index in [0.717, 1.165) is 25.7 Å². The van der Waals surface area contributed by atoms with Gasteiger partial charge >= 0.3 is 5.97 Å². The normalized spacial score (nSPS) is 25.7. The Morgan fingerprint density at radius 1 is 1.09 bits per heavy atom. The molecule has 0 aromatic heterocycles. The number of rotatable bonds is 18. The number of halogens is 2. The van der Waals surface area contributed by atoms with Gasteiger partial charge in [0.05, 0.1) is 12.2 Å². The van der Waals surface area contributed by atoms with Crippen molar-refractivity contribution in [3.63, 3.8) is 0 Å². The number of carbonyl (C=O) groups is 1. The maximum Gasteiger partial charge on any atom is 0.303 e. The Kier molecular flexibility index (Phi) is 13.8. The lowest BCUT2D eigenvalue weighted by molar-refractivity contribution is -0.169. The molecular weight excluding hydrogens is 422 g/mol. The Morgan fingerprint density at radius 3 is 2.41 bits per heavy atom. The lowest BCUT2D eigenvalue weighted by Crippen LogP contribution is -2.35. The molecule has 0 amide bonds. The summed E-state index contributed by atoms with van der Waals surface area (Å²) in [5, 5.41) is 29.6. The SMILES string of the molecule is CCCCC(F)(F)[C@H](O)CC[C@@H]1[C@@H](CCCCCCC(=O)O)[C@@H](O)C[C@H]1OC(C)OCC. The minimum absolute atomic E-state index is 0.0356. The maximum atomic E-state index is 14.2. The van der Waals surface area contributed by atoms with Gasteiger partial charge < -0.3 is 24.8 Å². The van der Waals surface area contributed by atoms with Crippen molar-refractivity contribution < 1.29 is 38.4 Å². The van der Waals surface area contributed by atoms with Crippen LogP contribution in [0.5, 0.6) is 0 Å². The first-order valence-corrected chi connectivity index (χ1v) is 12.3. The summed E-state index contributed by atoms with van der Waals surface area (Å²) < 4.78 is 40.0. The zero-order chi connectivity index (χ0) is 24.1. The minimum atomic E-state index is -3.11. The van der Waals surface area contributed by atoms with Crippen molar-refractivity contribution in [2.75, 3.05) is 6.61 Å². The molecule has 1 saturated carbocycles. The molecule has 1 fully saturated rings. The summed E-state index contributed by atoms with van der Waals surface area (Å²) in [5.74, 6) is -4.13. The molecule has 8 heteroatoms. The van der Waals surface area contributed by atoms with Gasteiger partial charge in [0, 0.05) is 25.9 Å². The van der Waals surface area contributed by atoms with E-state index in [1.807, 2.05) is 13.8 Å². The van der Waals surface area contributed by atoms with E-state index in [-0.39, 0.29) is 37.2 Å². The molecule has 1 aliphatic rings. The number of ether oxygens (including phenoxy) is 2. The van der Waals surface area contributed by atoms with E-state index in [1.54, 1.807) is 6.92 Å². The second kappa shape index (κ2) is 15.1. The van der Waals surface area contributed by atoms with Gasteiger partial charge in [-0.15, -0.1) is 0 Å². The summed E-state index contributed by atoms with van der Waals surface area (Å²) in [4.78, 5) is 10.6. The Bertz CT molecular complexity index is 519. The minimum Gasteiger partial charge on any atom is -0.481 e. The van der Waals surface area contributed by atoms with Crippen LogP contribution in [0.25, 0.3) is 0 Å². The second-order valence-corrected chi connectivity index (χ2v) is 9.13. The van der Waals surface area contributed by atoms with Crippen molar-refractivity contribution in [3.05, 3.63) is 0 Å². The van der Waals surface area contributed by atoms with Gasteiger partial charge in [-0.05, 0) is 57.8 Å². The summed E-state index contributed by atoms with van der Waals surface area (Å²) in [7, 11) is 0. The summed E-state index contributed by atoms with van der Waals surface area (Å²) in [6.45, 7) is 5.98. The summed E-state index contributed by atoms with van der Waals surface area (Å²) >= 11 is 0. The molecule has 0 saturated heterocycles. The van der Waals surface area contributed by atoms with Crippen molar-refractivity contribution in [2.45, 2.75) is 128 Å². The number of alkyl halides is 2. The lowest BCUT2D eigenvalue weighted by atomic mass is 9.84. The van der Waals surface area contributed by atoms with Crippen LogP contribution in [0.15, 0.2) is 0 Å². The molecule has 0 bridgehead atoms. The highest BCUT2D eigenvalue weighted by Gasteiger charge is 2.45. The quantitative estimate of drug-likeness (QED) is 0.191. The maximum absolute atomic E-state index is 14.2. The second-order valence-electron chi connectivity index (χ2n) is 9.13. The summed E-state index contributed by atoms with van der Waals surface area (Å²) in [6.07, 6.45) is 2.41. The van der Waals surface area contributed by atoms with Crippen LogP contribution in [0, 0.1) is 11.8 Å². The average Bonchev–Trinajstić information content (AvgIpc) is 3.00. The first kappa shape index (κ1) is 29.2. The van der Waals surface area contributed by atoms with Gasteiger partial charge in [-0.2, -0.15) is 0 Å². The molecule has 0 aliphatic heterocycles. The lowest BCUT2D eigenvalue weighted by Gasteiger charge is -2.30. The Hall–Kier alpha value is -0.830. The first-order valence-electron chi connectivity index (χ1n) is 12.3. The molecule has 1 rings (SSSR count). The fourth-order valence-electron chi connectivity index (χ4n) is 4.78. The molecule has 0 radical (unpaired) electrons. The fraction of sp³-hybridized carbons (Fsp3) is 0.958. The summed E-state index contributed by atoms with van der Waals surface area (Å²) in [6, 6.07) is 0. The van der Waals surface area contributed by atoms with Crippen LogP contribution >= 0.6 is 0 Å². The number of carboxylic acid groups (broad SMARTS) is 1. The number of unbranched alkanes of at least 4 members (excludes halogenated alkanes) is 4. The van der Waals surface area contributed by atoms with Gasteiger partial charge in [0.1, 0.15) is 6.10 Å². The van der Waals surface area contributed by atoms with E-state index < -0.39 is 30.4 Å². The first-order chi connectivity index (χ1) is 15.1. The molecule has 0 aromatic rings. The third-order valence-corrected chi connectivity index (χ3v) is 6.57. The summed E-state index contributed by atoms with van der Waals surface area (Å²) in [5.41, 5.74) is 0. The molecule has 1 unspecified atom stereocenters. The van der Waals surface area contributed by atoms with Gasteiger partial charge in [0.2, 0.25) is 0 Å². The topological polar surface area (TPSA) is 96.2 Å². The Morgan fingerprint density at radius 2 is 1.78 bits per heavy atom. The predicted molar refractivity (Wildman–Crippen MR) is 119 cm³/mol. The van der Waals surface area contributed by atoms with Crippen LogP contribution in [-0.4, -0.2) is 58.4 Å². The molecule has 6 atom stereocenters. The van der Waals surface area contributed by atoms with E-state index in [0.29, 0.717) is 38.7 Å². The molecule has 0 aromatic carbocycles. The number of aliphatic hydroxyl groups excluding tert-OH is 2. The van der Waals surface area contributed by atoms with Gasteiger partial charge in [-0.25, -0.2) is 8.78 Å². The Balaban J connectivity index is 2.70. The number of hydrogen-bond donors (Lipinski definition) is 3. The van der Waals surface area contributed by atoms with Crippen LogP contribution in [0.4, 0.5) is 8.78 Å². The van der Waals surface area contributed by atoms with Crippen molar-refractivity contribution in [1.82, 2.24) is 0 Å². The molecule has 3 N–H and O–H groups in total. The highest BCUT2D eigenvalue weighted by atomic mass is 19.3. The predicted octanol–water partition coefficient (Wildman–Crippen LogP) is 5.14. The van der Waals surface area contributed by atoms with Crippen LogP contribution in [-0.2, 0) is 14.3 Å². The van der Waals surface area contributed by atoms with Gasteiger partial charge in [-0.1, -0.05) is 32.6 Å². The van der Waals surface area contributed by atoms with Crippen molar-refractivity contribution in [1.29, 1.82) is 0 Å². The molecule has 1 aliphatic carbocycles. The number of hydrogen-bond acceptors (Lipinski definition) is 5. The van der Waals surface area contributed by atoms with Crippen molar-refractivity contribution in [3.8, 4) is 0 Å². The highest BCUT2D eigenvalue weighted by Crippen LogP contribution is 2.42. The smallest absolute Gasteiger partial charge is 0.303 e. The molecule has 32 heavy (non-hydrogen) atoms. The van der Waals surface area contributed by atoms with Crippen LogP contribution in [0.1, 0.15) is 97.8 Å². The third-order valence-electron chi connectivity index (χ3n) is 6.57.